The first-order valence-corrected chi connectivity index (χ1v) is 10.7. The van der Waals surface area contributed by atoms with E-state index in [0.717, 1.165) is 12.0 Å². The highest BCUT2D eigenvalue weighted by Crippen LogP contribution is 2.32. The van der Waals surface area contributed by atoms with Gasteiger partial charge in [0.05, 0.1) is 5.69 Å². The summed E-state index contributed by atoms with van der Waals surface area (Å²) < 4.78 is 23.5. The Hall–Kier alpha value is -2.70. The number of primary sulfonamides is 1. The minimum absolute atomic E-state index is 0.133. The van der Waals surface area contributed by atoms with Crippen LogP contribution in [0.4, 0.5) is 0 Å². The summed E-state index contributed by atoms with van der Waals surface area (Å²) in [6.45, 7) is 3.66. The number of aromatic amines is 1. The van der Waals surface area contributed by atoms with Crippen molar-refractivity contribution in [1.29, 1.82) is 0 Å². The summed E-state index contributed by atoms with van der Waals surface area (Å²) >= 11 is 0. The van der Waals surface area contributed by atoms with Gasteiger partial charge in [-0.25, -0.2) is 13.6 Å². The Labute approximate surface area is 165 Å². The minimum Gasteiger partial charge on any atom is -0.356 e. The standard InChI is InChI=1S/C22H24N2O3S/c1-3-16-9-11-17(12-10-16)21(25)20-14-13-19(24-20)15-22(2,28(23,26)27)18-7-5-4-6-8-18/h4-14,24H,3,15H2,1-2H3,(H2,23,26,27). The van der Waals surface area contributed by atoms with Gasteiger partial charge in [0.25, 0.3) is 0 Å². The van der Waals surface area contributed by atoms with E-state index in [4.69, 9.17) is 5.14 Å². The van der Waals surface area contributed by atoms with Crippen LogP contribution in [0.1, 0.15) is 46.7 Å². The van der Waals surface area contributed by atoms with E-state index in [2.05, 4.69) is 11.9 Å². The third kappa shape index (κ3) is 3.93. The number of rotatable bonds is 7. The molecule has 2 aromatic carbocycles. The number of hydrogen-bond donors (Lipinski definition) is 2. The summed E-state index contributed by atoms with van der Waals surface area (Å²) in [4.78, 5) is 15.8. The summed E-state index contributed by atoms with van der Waals surface area (Å²) in [7, 11) is -3.89. The molecule has 3 N–H and O–H groups in total. The van der Waals surface area contributed by atoms with Gasteiger partial charge >= 0.3 is 0 Å². The largest absolute Gasteiger partial charge is 0.356 e. The molecule has 6 heteroatoms. The van der Waals surface area contributed by atoms with E-state index in [9.17, 15) is 13.2 Å². The topological polar surface area (TPSA) is 93.0 Å². The fraction of sp³-hybridized carbons (Fsp3) is 0.227. The quantitative estimate of drug-likeness (QED) is 0.598. The van der Waals surface area contributed by atoms with Crippen molar-refractivity contribution in [1.82, 2.24) is 4.98 Å². The molecule has 0 aliphatic heterocycles. The third-order valence-corrected chi connectivity index (χ3v) is 6.79. The Kier molecular flexibility index (Phi) is 5.54. The Morgan fingerprint density at radius 2 is 1.64 bits per heavy atom. The van der Waals surface area contributed by atoms with Crippen LogP contribution >= 0.6 is 0 Å². The average Bonchev–Trinajstić information content (AvgIpc) is 3.15. The molecule has 0 aliphatic carbocycles. The normalized spacial score (nSPS) is 13.8. The maximum Gasteiger partial charge on any atom is 0.219 e. The van der Waals surface area contributed by atoms with E-state index >= 15 is 0 Å². The van der Waals surface area contributed by atoms with Gasteiger partial charge < -0.3 is 4.98 Å². The lowest BCUT2D eigenvalue weighted by Crippen LogP contribution is -2.40. The molecule has 1 heterocycles. The van der Waals surface area contributed by atoms with Gasteiger partial charge in [-0.15, -0.1) is 0 Å². The van der Waals surface area contributed by atoms with Crippen LogP contribution in [0.2, 0.25) is 0 Å². The second kappa shape index (κ2) is 7.73. The lowest BCUT2D eigenvalue weighted by Gasteiger charge is -2.27. The zero-order valence-electron chi connectivity index (χ0n) is 16.0. The van der Waals surface area contributed by atoms with Gasteiger partial charge in [-0.2, -0.15) is 0 Å². The van der Waals surface area contributed by atoms with E-state index in [1.54, 1.807) is 55.5 Å². The summed E-state index contributed by atoms with van der Waals surface area (Å²) in [6.07, 6.45) is 1.05. The van der Waals surface area contributed by atoms with E-state index in [1.165, 1.54) is 0 Å². The number of H-pyrrole nitrogens is 1. The number of carbonyl (C=O) groups is 1. The second-order valence-electron chi connectivity index (χ2n) is 7.10. The molecule has 0 saturated heterocycles. The first-order valence-electron chi connectivity index (χ1n) is 9.14. The summed E-state index contributed by atoms with van der Waals surface area (Å²) in [6, 6.07) is 19.8. The first kappa shape index (κ1) is 20.0. The highest BCUT2D eigenvalue weighted by molar-refractivity contribution is 7.90. The second-order valence-corrected chi connectivity index (χ2v) is 9.09. The summed E-state index contributed by atoms with van der Waals surface area (Å²) in [5.74, 6) is -0.133. The van der Waals surface area contributed by atoms with Gasteiger partial charge in [-0.1, -0.05) is 61.5 Å². The van der Waals surface area contributed by atoms with Gasteiger partial charge in [-0.05, 0) is 36.6 Å². The first-order chi connectivity index (χ1) is 13.2. The molecule has 3 aromatic rings. The maximum absolute atomic E-state index is 12.7. The molecule has 1 atom stereocenters. The molecule has 146 valence electrons. The van der Waals surface area contributed by atoms with Crippen LogP contribution in [0, 0.1) is 0 Å². The molecular formula is C22H24N2O3S. The van der Waals surface area contributed by atoms with Crippen molar-refractivity contribution in [2.75, 3.05) is 0 Å². The minimum atomic E-state index is -3.89. The monoisotopic (exact) mass is 396 g/mol. The van der Waals surface area contributed by atoms with Crippen molar-refractivity contribution >= 4 is 15.8 Å². The molecule has 5 nitrogen and oxygen atoms in total. The van der Waals surface area contributed by atoms with Crippen LogP contribution < -0.4 is 5.14 Å². The molecule has 1 unspecified atom stereocenters. The molecule has 0 spiro atoms. The number of aromatic nitrogens is 1. The molecule has 0 aliphatic rings. The number of aryl methyl sites for hydroxylation is 1. The predicted molar refractivity (Wildman–Crippen MR) is 111 cm³/mol. The van der Waals surface area contributed by atoms with E-state index in [1.807, 2.05) is 18.2 Å². The number of benzene rings is 2. The molecule has 1 aromatic heterocycles. The Bertz CT molecular complexity index is 1070. The molecule has 0 amide bonds. The highest BCUT2D eigenvalue weighted by Gasteiger charge is 2.39. The fourth-order valence-corrected chi connectivity index (χ4v) is 4.07. The van der Waals surface area contributed by atoms with Crippen molar-refractivity contribution in [3.8, 4) is 0 Å². The Morgan fingerprint density at radius 1 is 1.00 bits per heavy atom. The number of sulfonamides is 1. The van der Waals surface area contributed by atoms with Gasteiger partial charge in [0.2, 0.25) is 15.8 Å². The van der Waals surface area contributed by atoms with Gasteiger partial charge in [0.1, 0.15) is 4.75 Å². The molecule has 0 radical (unpaired) electrons. The predicted octanol–water partition coefficient (Wildman–Crippen LogP) is 3.55. The third-order valence-electron chi connectivity index (χ3n) is 5.16. The van der Waals surface area contributed by atoms with Gasteiger partial charge in [0, 0.05) is 17.7 Å². The molecule has 0 fully saturated rings. The highest BCUT2D eigenvalue weighted by atomic mass is 32.2. The van der Waals surface area contributed by atoms with Crippen molar-refractivity contribution in [3.63, 3.8) is 0 Å². The molecule has 3 rings (SSSR count). The summed E-state index contributed by atoms with van der Waals surface area (Å²) in [5, 5.41) is 5.57. The van der Waals surface area contributed by atoms with Crippen LogP contribution in [0.5, 0.6) is 0 Å². The van der Waals surface area contributed by atoms with Crippen molar-refractivity contribution in [3.05, 3.63) is 94.8 Å². The molecule has 0 bridgehead atoms. The Balaban J connectivity index is 1.89. The van der Waals surface area contributed by atoms with Crippen LogP contribution in [0.15, 0.2) is 66.7 Å². The van der Waals surface area contributed by atoms with Crippen molar-refractivity contribution < 1.29 is 13.2 Å². The van der Waals surface area contributed by atoms with Crippen LogP contribution in [0.3, 0.4) is 0 Å². The number of nitrogens with two attached hydrogens (primary N) is 1. The number of carbonyl (C=O) groups excluding carboxylic acids is 1. The molecule has 0 saturated carbocycles. The van der Waals surface area contributed by atoms with Gasteiger partial charge in [0.15, 0.2) is 0 Å². The van der Waals surface area contributed by atoms with E-state index < -0.39 is 14.8 Å². The zero-order chi connectivity index (χ0) is 20.4. The molecule has 28 heavy (non-hydrogen) atoms. The van der Waals surface area contributed by atoms with E-state index in [0.29, 0.717) is 22.5 Å². The van der Waals surface area contributed by atoms with Crippen molar-refractivity contribution in [2.24, 2.45) is 5.14 Å². The number of nitrogens with one attached hydrogen (secondary N) is 1. The molecular weight excluding hydrogens is 372 g/mol. The van der Waals surface area contributed by atoms with Crippen LogP contribution in [-0.2, 0) is 27.6 Å². The number of hydrogen-bond acceptors (Lipinski definition) is 3. The average molecular weight is 397 g/mol. The number of ketones is 1. The lowest BCUT2D eigenvalue weighted by atomic mass is 9.95. The Morgan fingerprint density at radius 3 is 2.21 bits per heavy atom. The van der Waals surface area contributed by atoms with Gasteiger partial charge in [-0.3, -0.25) is 4.79 Å². The zero-order valence-corrected chi connectivity index (χ0v) is 16.8. The maximum atomic E-state index is 12.7. The van der Waals surface area contributed by atoms with E-state index in [-0.39, 0.29) is 12.2 Å². The van der Waals surface area contributed by atoms with Crippen molar-refractivity contribution in [2.45, 2.75) is 31.4 Å². The smallest absolute Gasteiger partial charge is 0.219 e. The summed E-state index contributed by atoms with van der Waals surface area (Å²) in [5.41, 5.74) is 3.41. The lowest BCUT2D eigenvalue weighted by molar-refractivity contribution is 0.103. The van der Waals surface area contributed by atoms with Crippen LogP contribution in [0.25, 0.3) is 0 Å². The van der Waals surface area contributed by atoms with Crippen LogP contribution in [-0.4, -0.2) is 19.2 Å². The SMILES string of the molecule is CCc1ccc(C(=O)c2ccc(CC(C)(c3ccccc3)S(N)(=O)=O)[nH]2)cc1. The fourth-order valence-electron chi connectivity index (χ4n) is 3.24.